The van der Waals surface area contributed by atoms with Crippen molar-refractivity contribution in [2.24, 2.45) is 0 Å². The number of nitrogens with one attached hydrogen (secondary N) is 1. The van der Waals surface area contributed by atoms with Crippen LogP contribution in [-0.4, -0.2) is 26.2 Å². The number of nitriles is 1. The van der Waals surface area contributed by atoms with Crippen LogP contribution in [0.5, 0.6) is 0 Å². The molecule has 0 radical (unpaired) electrons. The summed E-state index contributed by atoms with van der Waals surface area (Å²) in [5, 5.41) is 12.2. The topological polar surface area (TPSA) is 39.1 Å². The highest BCUT2D eigenvalue weighted by Gasteiger charge is 2.19. The maximum absolute atomic E-state index is 8.83. The smallest absolute Gasteiger partial charge is 0.0992 e. The van der Waals surface area contributed by atoms with Crippen LogP contribution in [0.3, 0.4) is 0 Å². The van der Waals surface area contributed by atoms with E-state index in [2.05, 4.69) is 29.4 Å². The van der Waals surface area contributed by atoms with Crippen molar-refractivity contribution in [2.75, 3.05) is 25.0 Å². The Kier molecular flexibility index (Phi) is 2.89. The highest BCUT2D eigenvalue weighted by Crippen LogP contribution is 2.19. The Bertz CT molecular complexity index is 375. The summed E-state index contributed by atoms with van der Waals surface area (Å²) in [6, 6.07) is 10.5. The zero-order valence-electron chi connectivity index (χ0n) is 8.90. The van der Waals surface area contributed by atoms with Gasteiger partial charge in [-0.2, -0.15) is 5.26 Å². The molecule has 3 heteroatoms. The maximum Gasteiger partial charge on any atom is 0.0992 e. The van der Waals surface area contributed by atoms with Crippen LogP contribution in [-0.2, 0) is 0 Å². The number of hydrogen-bond acceptors (Lipinski definition) is 3. The fourth-order valence-corrected chi connectivity index (χ4v) is 1.98. The minimum absolute atomic E-state index is 0.555. The Balaban J connectivity index is 2.17. The number of likely N-dealkylation sites (N-methyl/N-ethyl adjacent to an activating group) is 1. The molecule has 1 fully saturated rings. The molecule has 1 N–H and O–H groups in total. The van der Waals surface area contributed by atoms with Crippen LogP contribution in [0.15, 0.2) is 24.3 Å². The van der Waals surface area contributed by atoms with Gasteiger partial charge in [0.2, 0.25) is 0 Å². The zero-order valence-corrected chi connectivity index (χ0v) is 8.90. The van der Waals surface area contributed by atoms with Crippen molar-refractivity contribution < 1.29 is 0 Å². The maximum atomic E-state index is 8.83. The van der Waals surface area contributed by atoms with Gasteiger partial charge in [0.1, 0.15) is 0 Å². The van der Waals surface area contributed by atoms with E-state index < -0.39 is 0 Å². The Morgan fingerprint density at radius 1 is 1.53 bits per heavy atom. The normalized spacial score (nSPS) is 19.9. The fraction of sp³-hybridized carbons (Fsp3) is 0.417. The second-order valence-corrected chi connectivity index (χ2v) is 3.92. The summed E-state index contributed by atoms with van der Waals surface area (Å²) in [6.07, 6.45) is 1.17. The molecule has 0 saturated carbocycles. The molecule has 78 valence electrons. The van der Waals surface area contributed by atoms with Crippen molar-refractivity contribution in [1.82, 2.24) is 5.32 Å². The lowest BCUT2D eigenvalue weighted by atomic mass is 10.1. The number of hydrogen-bond donors (Lipinski definition) is 1. The SMILES string of the molecule is CN(c1cccc(C#N)c1)C1CCNC1. The molecule has 0 amide bonds. The summed E-state index contributed by atoms with van der Waals surface area (Å²) in [7, 11) is 2.09. The first kappa shape index (κ1) is 10.0. The quantitative estimate of drug-likeness (QED) is 0.785. The summed E-state index contributed by atoms with van der Waals surface area (Å²) >= 11 is 0. The molecule has 15 heavy (non-hydrogen) atoms. The highest BCUT2D eigenvalue weighted by atomic mass is 15.2. The number of nitrogens with zero attached hydrogens (tertiary/aromatic N) is 2. The third-order valence-electron chi connectivity index (χ3n) is 2.96. The molecule has 0 spiro atoms. The van der Waals surface area contributed by atoms with Gasteiger partial charge in [-0.3, -0.25) is 0 Å². The third-order valence-corrected chi connectivity index (χ3v) is 2.96. The van der Waals surface area contributed by atoms with E-state index in [-0.39, 0.29) is 0 Å². The van der Waals surface area contributed by atoms with Gasteiger partial charge in [0.05, 0.1) is 11.6 Å². The Morgan fingerprint density at radius 2 is 2.40 bits per heavy atom. The molecule has 1 aliphatic heterocycles. The third kappa shape index (κ3) is 2.11. The van der Waals surface area contributed by atoms with E-state index in [1.54, 1.807) is 0 Å². The van der Waals surface area contributed by atoms with Gasteiger partial charge in [0, 0.05) is 25.3 Å². The summed E-state index contributed by atoms with van der Waals surface area (Å²) < 4.78 is 0. The van der Waals surface area contributed by atoms with Crippen molar-refractivity contribution in [3.05, 3.63) is 29.8 Å². The molecular weight excluding hydrogens is 186 g/mol. The van der Waals surface area contributed by atoms with Crippen LogP contribution in [0.1, 0.15) is 12.0 Å². The molecule has 1 heterocycles. The minimum Gasteiger partial charge on any atom is -0.370 e. The second-order valence-electron chi connectivity index (χ2n) is 3.92. The van der Waals surface area contributed by atoms with Crippen LogP contribution in [0.2, 0.25) is 0 Å². The lowest BCUT2D eigenvalue weighted by molar-refractivity contribution is 0.685. The average molecular weight is 201 g/mol. The first-order chi connectivity index (χ1) is 7.31. The van der Waals surface area contributed by atoms with E-state index in [0.29, 0.717) is 6.04 Å². The van der Waals surface area contributed by atoms with E-state index in [1.807, 2.05) is 18.2 Å². The largest absolute Gasteiger partial charge is 0.370 e. The molecule has 3 nitrogen and oxygen atoms in total. The molecule has 2 rings (SSSR count). The van der Waals surface area contributed by atoms with Crippen LogP contribution in [0.25, 0.3) is 0 Å². The van der Waals surface area contributed by atoms with E-state index in [0.717, 1.165) is 24.3 Å². The predicted octanol–water partition coefficient (Wildman–Crippen LogP) is 1.36. The number of rotatable bonds is 2. The standard InChI is InChI=1S/C12H15N3/c1-15(12-5-6-14-9-12)11-4-2-3-10(7-11)8-13/h2-4,7,12,14H,5-6,9H2,1H3. The summed E-state index contributed by atoms with van der Waals surface area (Å²) in [5.74, 6) is 0. The van der Waals surface area contributed by atoms with E-state index >= 15 is 0 Å². The van der Waals surface area contributed by atoms with Gasteiger partial charge in [0.25, 0.3) is 0 Å². The van der Waals surface area contributed by atoms with Gasteiger partial charge in [-0.05, 0) is 31.2 Å². The van der Waals surface area contributed by atoms with Crippen molar-refractivity contribution in [3.63, 3.8) is 0 Å². The Hall–Kier alpha value is -1.53. The average Bonchev–Trinajstić information content (AvgIpc) is 2.81. The van der Waals surface area contributed by atoms with Crippen LogP contribution in [0.4, 0.5) is 5.69 Å². The van der Waals surface area contributed by atoms with Gasteiger partial charge in [-0.25, -0.2) is 0 Å². The lowest BCUT2D eigenvalue weighted by Gasteiger charge is -2.26. The molecule has 1 aromatic carbocycles. The molecule has 1 aliphatic rings. The van der Waals surface area contributed by atoms with Crippen molar-refractivity contribution in [1.29, 1.82) is 5.26 Å². The molecule has 0 bridgehead atoms. The van der Waals surface area contributed by atoms with Gasteiger partial charge in [0.15, 0.2) is 0 Å². The number of anilines is 1. The van der Waals surface area contributed by atoms with Crippen LogP contribution in [0, 0.1) is 11.3 Å². The van der Waals surface area contributed by atoms with Crippen LogP contribution < -0.4 is 10.2 Å². The van der Waals surface area contributed by atoms with E-state index in [1.165, 1.54) is 6.42 Å². The first-order valence-corrected chi connectivity index (χ1v) is 5.25. The van der Waals surface area contributed by atoms with Gasteiger partial charge >= 0.3 is 0 Å². The fourth-order valence-electron chi connectivity index (χ4n) is 1.98. The van der Waals surface area contributed by atoms with Gasteiger partial charge in [-0.1, -0.05) is 6.07 Å². The number of benzene rings is 1. The van der Waals surface area contributed by atoms with Crippen LogP contribution >= 0.6 is 0 Å². The van der Waals surface area contributed by atoms with Gasteiger partial charge < -0.3 is 10.2 Å². The van der Waals surface area contributed by atoms with Crippen molar-refractivity contribution >= 4 is 5.69 Å². The summed E-state index contributed by atoms with van der Waals surface area (Å²) in [4.78, 5) is 2.25. The zero-order chi connectivity index (χ0) is 10.7. The first-order valence-electron chi connectivity index (χ1n) is 5.25. The summed E-state index contributed by atoms with van der Waals surface area (Å²) in [6.45, 7) is 2.13. The van der Waals surface area contributed by atoms with Gasteiger partial charge in [-0.15, -0.1) is 0 Å². The highest BCUT2D eigenvalue weighted by molar-refractivity contribution is 5.51. The summed E-state index contributed by atoms with van der Waals surface area (Å²) in [5.41, 5.74) is 1.85. The molecule has 0 aromatic heterocycles. The molecule has 1 saturated heterocycles. The van der Waals surface area contributed by atoms with E-state index in [9.17, 15) is 0 Å². The molecule has 0 aliphatic carbocycles. The predicted molar refractivity (Wildman–Crippen MR) is 60.8 cm³/mol. The molecular formula is C12H15N3. The Morgan fingerprint density at radius 3 is 3.07 bits per heavy atom. The second kappa shape index (κ2) is 4.33. The van der Waals surface area contributed by atoms with Crippen molar-refractivity contribution in [2.45, 2.75) is 12.5 Å². The monoisotopic (exact) mass is 201 g/mol. The molecule has 1 aromatic rings. The van der Waals surface area contributed by atoms with E-state index in [4.69, 9.17) is 5.26 Å². The molecule has 1 atom stereocenters. The van der Waals surface area contributed by atoms with Crippen molar-refractivity contribution in [3.8, 4) is 6.07 Å². The Labute approximate surface area is 90.3 Å². The minimum atomic E-state index is 0.555. The lowest BCUT2D eigenvalue weighted by Crippen LogP contribution is -2.33. The molecule has 1 unspecified atom stereocenters.